The van der Waals surface area contributed by atoms with Crippen molar-refractivity contribution in [2.75, 3.05) is 26.5 Å². The normalized spacial score (nSPS) is 11.8. The molecule has 3 aromatic heterocycles. The molecule has 0 unspecified atom stereocenters. The van der Waals surface area contributed by atoms with Gasteiger partial charge in [0, 0.05) is 37.5 Å². The van der Waals surface area contributed by atoms with Crippen molar-refractivity contribution in [2.45, 2.75) is 29.3 Å². The summed E-state index contributed by atoms with van der Waals surface area (Å²) in [5, 5.41) is 13.0. The molecular weight excluding hydrogens is 697 g/mol. The monoisotopic (exact) mass is 730 g/mol. The number of hydrogen-bond acceptors (Lipinski definition) is 12. The number of nitrogens with one attached hydrogen (secondary N) is 3. The molecule has 0 spiro atoms. The van der Waals surface area contributed by atoms with Gasteiger partial charge >= 0.3 is 0 Å². The predicted molar refractivity (Wildman–Crippen MR) is 187 cm³/mol. The maximum absolute atomic E-state index is 14.5. The molecule has 264 valence electrons. The van der Waals surface area contributed by atoms with Gasteiger partial charge in [-0.2, -0.15) is 4.80 Å². The molecule has 0 aliphatic heterocycles. The van der Waals surface area contributed by atoms with E-state index in [1.54, 1.807) is 61.8 Å². The molecule has 0 aliphatic rings. The summed E-state index contributed by atoms with van der Waals surface area (Å²) in [5.41, 5.74) is 8.52. The molecule has 16 nitrogen and oxygen atoms in total. The van der Waals surface area contributed by atoms with Gasteiger partial charge in [-0.05, 0) is 64.4 Å². The molecule has 6 rings (SSSR count). The van der Waals surface area contributed by atoms with Gasteiger partial charge in [0.15, 0.2) is 0 Å². The van der Waals surface area contributed by atoms with Crippen LogP contribution in [0.25, 0.3) is 22.5 Å². The first kappa shape index (κ1) is 35.1. The van der Waals surface area contributed by atoms with Crippen molar-refractivity contribution in [2.24, 2.45) is 0 Å². The Morgan fingerprint density at radius 1 is 0.824 bits per heavy atom. The van der Waals surface area contributed by atoms with Gasteiger partial charge in [0.25, 0.3) is 0 Å². The lowest BCUT2D eigenvalue weighted by molar-refractivity contribution is 0.414. The Bertz CT molecular complexity index is 2310. The number of tetrazole rings is 1. The van der Waals surface area contributed by atoms with Crippen LogP contribution in [-0.2, 0) is 39.6 Å². The minimum absolute atomic E-state index is 0.0544. The Hall–Kier alpha value is -5.69. The summed E-state index contributed by atoms with van der Waals surface area (Å²) in [6.07, 6.45) is 4.83. The van der Waals surface area contributed by atoms with Crippen molar-refractivity contribution in [3.05, 3.63) is 108 Å². The molecule has 0 saturated carbocycles. The molecule has 0 saturated heterocycles. The molecule has 0 bridgehead atoms. The number of hydrogen-bond donors (Lipinski definition) is 4. The molecular formula is C33H34N10O6S2. The number of aromatic nitrogens is 7. The molecule has 0 atom stereocenters. The van der Waals surface area contributed by atoms with Gasteiger partial charge in [-0.3, -0.25) is 0 Å². The number of rotatable bonds is 15. The maximum atomic E-state index is 14.5. The quantitative estimate of drug-likeness (QED) is 0.120. The van der Waals surface area contributed by atoms with Crippen LogP contribution >= 0.6 is 0 Å². The van der Waals surface area contributed by atoms with Gasteiger partial charge in [0.2, 0.25) is 25.9 Å². The number of pyridine rings is 1. The van der Waals surface area contributed by atoms with Crippen molar-refractivity contribution in [3.63, 3.8) is 0 Å². The fourth-order valence-electron chi connectivity index (χ4n) is 5.19. The first-order valence-electron chi connectivity index (χ1n) is 15.5. The van der Waals surface area contributed by atoms with Gasteiger partial charge in [-0.15, -0.1) is 10.2 Å². The predicted octanol–water partition coefficient (Wildman–Crippen LogP) is 2.77. The Kier molecular flexibility index (Phi) is 10.4. The number of H-pyrrole nitrogens is 1. The molecule has 0 amide bonds. The summed E-state index contributed by atoms with van der Waals surface area (Å²) < 4.78 is 72.5. The van der Waals surface area contributed by atoms with Gasteiger partial charge in [-0.25, -0.2) is 36.2 Å². The van der Waals surface area contributed by atoms with E-state index < -0.39 is 29.8 Å². The first-order valence-corrected chi connectivity index (χ1v) is 18.4. The van der Waals surface area contributed by atoms with Crippen LogP contribution in [0.4, 0.5) is 5.82 Å². The Labute approximate surface area is 294 Å². The van der Waals surface area contributed by atoms with Crippen LogP contribution in [0.1, 0.15) is 16.8 Å². The van der Waals surface area contributed by atoms with Gasteiger partial charge in [-0.1, -0.05) is 30.3 Å². The number of imidazole rings is 1. The number of anilines is 1. The smallest absolute Gasteiger partial charge is 0.242 e. The molecule has 0 radical (unpaired) electrons. The van der Waals surface area contributed by atoms with Crippen LogP contribution in [0, 0.1) is 0 Å². The fourth-order valence-corrected chi connectivity index (χ4v) is 8.27. The number of nitrogen functional groups attached to an aromatic ring is 1. The van der Waals surface area contributed by atoms with Gasteiger partial charge in [0.05, 0.1) is 38.3 Å². The third-order valence-corrected chi connectivity index (χ3v) is 10.9. The van der Waals surface area contributed by atoms with Crippen molar-refractivity contribution >= 4 is 25.9 Å². The van der Waals surface area contributed by atoms with Crippen LogP contribution in [-0.4, -0.2) is 72.8 Å². The van der Waals surface area contributed by atoms with E-state index in [0.29, 0.717) is 28.3 Å². The van der Waals surface area contributed by atoms with Crippen LogP contribution in [0.15, 0.2) is 101 Å². The number of methoxy groups -OCH3 is 2. The lowest BCUT2D eigenvalue weighted by atomic mass is 10.0. The average Bonchev–Trinajstić information content (AvgIpc) is 3.84. The Balaban J connectivity index is 1.49. The zero-order valence-electron chi connectivity index (χ0n) is 27.5. The second-order valence-corrected chi connectivity index (χ2v) is 14.6. The van der Waals surface area contributed by atoms with E-state index in [4.69, 9.17) is 15.2 Å². The second-order valence-electron chi connectivity index (χ2n) is 11.2. The van der Waals surface area contributed by atoms with Crippen molar-refractivity contribution < 1.29 is 26.3 Å². The third kappa shape index (κ3) is 8.21. The zero-order valence-corrected chi connectivity index (χ0v) is 29.1. The number of benzene rings is 3. The first-order chi connectivity index (χ1) is 24.6. The summed E-state index contributed by atoms with van der Waals surface area (Å²) in [7, 11) is -6.00. The number of aromatic amines is 1. The maximum Gasteiger partial charge on any atom is 0.242 e. The van der Waals surface area contributed by atoms with Crippen molar-refractivity contribution in [1.29, 1.82) is 0 Å². The van der Waals surface area contributed by atoms with E-state index in [-0.39, 0.29) is 48.8 Å². The number of nitrogens with zero attached hydrogens (tertiary/aromatic N) is 6. The highest BCUT2D eigenvalue weighted by atomic mass is 32.2. The Morgan fingerprint density at radius 3 is 2.16 bits per heavy atom. The summed E-state index contributed by atoms with van der Waals surface area (Å²) in [4.78, 5) is 11.3. The van der Waals surface area contributed by atoms with E-state index in [2.05, 4.69) is 39.8 Å². The van der Waals surface area contributed by atoms with Gasteiger partial charge in [0.1, 0.15) is 27.1 Å². The van der Waals surface area contributed by atoms with Crippen LogP contribution in [0.5, 0.6) is 11.5 Å². The molecule has 0 aliphatic carbocycles. The molecule has 5 N–H and O–H groups in total. The highest BCUT2D eigenvalue weighted by molar-refractivity contribution is 7.92. The van der Waals surface area contributed by atoms with E-state index in [1.165, 1.54) is 36.6 Å². The summed E-state index contributed by atoms with van der Waals surface area (Å²) >= 11 is 0. The minimum atomic E-state index is -4.62. The molecule has 3 aromatic carbocycles. The summed E-state index contributed by atoms with van der Waals surface area (Å²) in [6, 6.07) is 19.9. The van der Waals surface area contributed by atoms with Gasteiger partial charge < -0.3 is 20.2 Å². The summed E-state index contributed by atoms with van der Waals surface area (Å²) in [5.74, 6) is 1.36. The standard InChI is InChI=1S/C33H34N10O6S2/c1-48-26-8-3-22(4-9-26)17-39-51(46,47)32-29(50(44,45)38-16-15-25-19-35-21-37-25)13-12-28(24-7-14-30(34)36-18-24)31(32)33-40-42-43(41-33)20-23-5-10-27(49-2)11-6-23/h3-14,18-19,21,38-39H,15-17,20H2,1-2H3,(H2,34,36)(H,35,37). The van der Waals surface area contributed by atoms with Crippen LogP contribution < -0.4 is 24.7 Å². The third-order valence-electron chi connectivity index (χ3n) is 7.79. The lowest BCUT2D eigenvalue weighted by Crippen LogP contribution is -2.31. The number of ether oxygens (including phenoxy) is 2. The lowest BCUT2D eigenvalue weighted by Gasteiger charge is -2.18. The molecule has 18 heteroatoms. The summed E-state index contributed by atoms with van der Waals surface area (Å²) in [6.45, 7) is -0.0371. The fraction of sp³-hybridized carbons (Fsp3) is 0.182. The average molecular weight is 731 g/mol. The highest BCUT2D eigenvalue weighted by Gasteiger charge is 2.34. The molecule has 0 fully saturated rings. The topological polar surface area (TPSA) is 222 Å². The highest BCUT2D eigenvalue weighted by Crippen LogP contribution is 2.39. The van der Waals surface area contributed by atoms with Crippen LogP contribution in [0.3, 0.4) is 0 Å². The van der Waals surface area contributed by atoms with Crippen molar-refractivity contribution in [1.82, 2.24) is 44.6 Å². The van der Waals surface area contributed by atoms with E-state index >= 15 is 0 Å². The van der Waals surface area contributed by atoms with Crippen molar-refractivity contribution in [3.8, 4) is 34.0 Å². The molecule has 6 aromatic rings. The second kappa shape index (κ2) is 15.1. The molecule has 3 heterocycles. The largest absolute Gasteiger partial charge is 0.497 e. The minimum Gasteiger partial charge on any atom is -0.497 e. The SMILES string of the molecule is COc1ccc(CNS(=O)(=O)c2c(S(=O)(=O)NCCc3c[nH]cn3)ccc(-c3ccc(N)nc3)c2-c2nnn(Cc3ccc(OC)cc3)n2)cc1. The number of nitrogens with two attached hydrogens (primary N) is 1. The number of sulfonamides is 2. The molecule has 51 heavy (non-hydrogen) atoms. The van der Waals surface area contributed by atoms with E-state index in [0.717, 1.165) is 5.56 Å². The van der Waals surface area contributed by atoms with E-state index in [1.807, 2.05) is 12.1 Å². The van der Waals surface area contributed by atoms with Crippen LogP contribution in [0.2, 0.25) is 0 Å². The Morgan fingerprint density at radius 2 is 1.53 bits per heavy atom. The zero-order chi connectivity index (χ0) is 36.0. The van der Waals surface area contributed by atoms with E-state index in [9.17, 15) is 16.8 Å².